The molecule has 2 aromatic carbocycles. The van der Waals surface area contributed by atoms with Crippen molar-refractivity contribution in [2.45, 2.75) is 31.3 Å². The largest absolute Gasteiger partial charge is 0.338 e. The van der Waals surface area contributed by atoms with Crippen molar-refractivity contribution in [2.75, 3.05) is 19.6 Å². The smallest absolute Gasteiger partial charge is 0.254 e. The number of carbonyl (C=O) groups is 2. The van der Waals surface area contributed by atoms with Crippen LogP contribution >= 0.6 is 0 Å². The summed E-state index contributed by atoms with van der Waals surface area (Å²) in [6.45, 7) is 1.36. The summed E-state index contributed by atoms with van der Waals surface area (Å²) in [7, 11) is 0. The fraction of sp³-hybridized carbons (Fsp3) is 0.391. The highest BCUT2D eigenvalue weighted by Crippen LogP contribution is 2.33. The monoisotopic (exact) mass is 449 g/mol. The summed E-state index contributed by atoms with van der Waals surface area (Å²) in [5, 5.41) is 0. The van der Waals surface area contributed by atoms with Gasteiger partial charge in [0.2, 0.25) is 5.91 Å². The predicted octanol–water partition coefficient (Wildman–Crippen LogP) is 2.88. The number of halogens is 4. The molecule has 0 saturated carbocycles. The highest BCUT2D eigenvalue weighted by atomic mass is 19.2. The van der Waals surface area contributed by atoms with Gasteiger partial charge in [-0.3, -0.25) is 9.59 Å². The number of hydrogen-bond donors (Lipinski definition) is 1. The quantitative estimate of drug-likeness (QED) is 0.564. The third kappa shape index (κ3) is 4.48. The number of nitrogens with zero attached hydrogens (tertiary/aromatic N) is 2. The molecule has 0 aliphatic carbocycles. The highest BCUT2D eigenvalue weighted by Gasteiger charge is 2.44. The molecule has 2 amide bonds. The van der Waals surface area contributed by atoms with E-state index in [9.17, 15) is 27.2 Å². The molecule has 0 spiro atoms. The molecule has 170 valence electrons. The van der Waals surface area contributed by atoms with Crippen LogP contribution in [0.15, 0.2) is 36.4 Å². The summed E-state index contributed by atoms with van der Waals surface area (Å²) < 4.78 is 53.8. The number of carbonyl (C=O) groups excluding carboxylic acids is 2. The first-order chi connectivity index (χ1) is 15.2. The molecular formula is C23H23F4N3O2. The average Bonchev–Trinajstić information content (AvgIpc) is 3.32. The van der Waals surface area contributed by atoms with Crippen molar-refractivity contribution in [2.24, 2.45) is 11.7 Å². The molecule has 2 N–H and O–H groups in total. The predicted molar refractivity (Wildman–Crippen MR) is 109 cm³/mol. The van der Waals surface area contributed by atoms with Crippen LogP contribution in [0.1, 0.15) is 28.8 Å². The van der Waals surface area contributed by atoms with Gasteiger partial charge >= 0.3 is 0 Å². The van der Waals surface area contributed by atoms with Crippen molar-refractivity contribution in [3.8, 4) is 0 Å². The van der Waals surface area contributed by atoms with Crippen LogP contribution in [0, 0.1) is 29.2 Å². The SMILES string of the molecule is NC(CC(=O)N1CCC2CN(C(=O)c3cccc(F)c3)CC21)Cc1cc(F)c(F)cc1F. The Morgan fingerprint density at radius 1 is 1.03 bits per heavy atom. The van der Waals surface area contributed by atoms with E-state index in [1.807, 2.05) is 0 Å². The maximum atomic E-state index is 13.9. The van der Waals surface area contributed by atoms with Crippen LogP contribution in [-0.2, 0) is 11.2 Å². The second-order valence-electron chi connectivity index (χ2n) is 8.45. The number of amides is 2. The van der Waals surface area contributed by atoms with Gasteiger partial charge in [0.15, 0.2) is 11.6 Å². The first-order valence-electron chi connectivity index (χ1n) is 10.5. The summed E-state index contributed by atoms with van der Waals surface area (Å²) in [5.41, 5.74) is 6.18. The third-order valence-corrected chi connectivity index (χ3v) is 6.23. The molecule has 0 aromatic heterocycles. The number of nitrogens with two attached hydrogens (primary N) is 1. The van der Waals surface area contributed by atoms with E-state index in [4.69, 9.17) is 5.73 Å². The van der Waals surface area contributed by atoms with Gasteiger partial charge in [-0.15, -0.1) is 0 Å². The zero-order chi connectivity index (χ0) is 23.0. The summed E-state index contributed by atoms with van der Waals surface area (Å²) in [5.74, 6) is -4.23. The van der Waals surface area contributed by atoms with Crippen LogP contribution in [0.4, 0.5) is 17.6 Å². The molecule has 3 atom stereocenters. The Balaban J connectivity index is 1.37. The Labute approximate surface area is 182 Å². The lowest BCUT2D eigenvalue weighted by Gasteiger charge is -2.26. The highest BCUT2D eigenvalue weighted by molar-refractivity contribution is 5.94. The Kier molecular flexibility index (Phi) is 6.19. The van der Waals surface area contributed by atoms with Gasteiger partial charge in [-0.1, -0.05) is 6.07 Å². The topological polar surface area (TPSA) is 66.6 Å². The maximum Gasteiger partial charge on any atom is 0.254 e. The Morgan fingerprint density at radius 3 is 2.53 bits per heavy atom. The lowest BCUT2D eigenvalue weighted by atomic mass is 10.0. The summed E-state index contributed by atoms with van der Waals surface area (Å²) in [6.07, 6.45) is 0.538. The molecule has 32 heavy (non-hydrogen) atoms. The molecule has 9 heteroatoms. The number of hydrogen-bond acceptors (Lipinski definition) is 3. The van der Waals surface area contributed by atoms with E-state index in [0.717, 1.165) is 12.5 Å². The molecule has 2 aliphatic rings. The van der Waals surface area contributed by atoms with E-state index in [2.05, 4.69) is 0 Å². The van der Waals surface area contributed by atoms with Crippen molar-refractivity contribution in [3.63, 3.8) is 0 Å². The minimum atomic E-state index is -1.28. The van der Waals surface area contributed by atoms with Crippen LogP contribution in [-0.4, -0.2) is 53.3 Å². The van der Waals surface area contributed by atoms with Crippen LogP contribution < -0.4 is 5.73 Å². The van der Waals surface area contributed by atoms with E-state index in [0.29, 0.717) is 25.7 Å². The van der Waals surface area contributed by atoms with Gasteiger partial charge in [-0.25, -0.2) is 17.6 Å². The fourth-order valence-electron chi connectivity index (χ4n) is 4.66. The van der Waals surface area contributed by atoms with Gasteiger partial charge in [0.05, 0.1) is 6.04 Å². The number of likely N-dealkylation sites (tertiary alicyclic amines) is 2. The Hall–Kier alpha value is -2.94. The maximum absolute atomic E-state index is 13.9. The summed E-state index contributed by atoms with van der Waals surface area (Å²) in [6, 6.07) is 5.78. The van der Waals surface area contributed by atoms with Gasteiger partial charge in [0.25, 0.3) is 5.91 Å². The molecule has 3 unspecified atom stereocenters. The normalized spacial score (nSPS) is 21.0. The number of rotatable bonds is 5. The van der Waals surface area contributed by atoms with Crippen molar-refractivity contribution in [1.82, 2.24) is 9.80 Å². The fourth-order valence-corrected chi connectivity index (χ4v) is 4.66. The molecule has 2 heterocycles. The molecule has 2 aliphatic heterocycles. The van der Waals surface area contributed by atoms with E-state index in [-0.39, 0.29) is 47.7 Å². The Bertz CT molecular complexity index is 1050. The van der Waals surface area contributed by atoms with Gasteiger partial charge in [-0.2, -0.15) is 0 Å². The van der Waals surface area contributed by atoms with Crippen LogP contribution in [0.25, 0.3) is 0 Å². The van der Waals surface area contributed by atoms with Crippen molar-refractivity contribution in [3.05, 3.63) is 70.8 Å². The van der Waals surface area contributed by atoms with E-state index in [1.54, 1.807) is 15.9 Å². The third-order valence-electron chi connectivity index (χ3n) is 6.23. The minimum Gasteiger partial charge on any atom is -0.338 e. The zero-order valence-electron chi connectivity index (χ0n) is 17.2. The number of fused-ring (bicyclic) bond motifs is 1. The van der Waals surface area contributed by atoms with Gasteiger partial charge in [-0.05, 0) is 42.7 Å². The lowest BCUT2D eigenvalue weighted by molar-refractivity contribution is -0.132. The van der Waals surface area contributed by atoms with Gasteiger partial charge < -0.3 is 15.5 Å². The molecule has 2 fully saturated rings. The molecule has 0 radical (unpaired) electrons. The van der Waals surface area contributed by atoms with Crippen molar-refractivity contribution < 1.29 is 27.2 Å². The number of benzene rings is 2. The second kappa shape index (κ2) is 8.90. The van der Waals surface area contributed by atoms with Crippen molar-refractivity contribution >= 4 is 11.8 Å². The first kappa shape index (κ1) is 22.3. The standard InChI is InChI=1S/C23H23F4N3O2/c24-16-3-1-2-13(6-16)23(32)29-11-14-4-5-30(21(14)12-29)22(31)9-17(28)7-15-8-19(26)20(27)10-18(15)25/h1-3,6,8,10,14,17,21H,4-5,7,9,11-12,28H2. The van der Waals surface area contributed by atoms with Gasteiger partial charge in [0.1, 0.15) is 11.6 Å². The minimum absolute atomic E-state index is 0.0838. The molecule has 2 aromatic rings. The van der Waals surface area contributed by atoms with Gasteiger partial charge in [0, 0.05) is 49.6 Å². The molecule has 0 bridgehead atoms. The average molecular weight is 449 g/mol. The molecule has 4 rings (SSSR count). The van der Waals surface area contributed by atoms with E-state index in [1.165, 1.54) is 18.2 Å². The van der Waals surface area contributed by atoms with E-state index >= 15 is 0 Å². The molecule has 2 saturated heterocycles. The Morgan fingerprint density at radius 2 is 1.78 bits per heavy atom. The summed E-state index contributed by atoms with van der Waals surface area (Å²) in [4.78, 5) is 28.9. The van der Waals surface area contributed by atoms with Crippen LogP contribution in [0.2, 0.25) is 0 Å². The van der Waals surface area contributed by atoms with Crippen molar-refractivity contribution in [1.29, 1.82) is 0 Å². The van der Waals surface area contributed by atoms with Crippen LogP contribution in [0.5, 0.6) is 0 Å². The van der Waals surface area contributed by atoms with E-state index < -0.39 is 29.3 Å². The first-order valence-corrected chi connectivity index (χ1v) is 10.5. The zero-order valence-corrected chi connectivity index (χ0v) is 17.2. The second-order valence-corrected chi connectivity index (χ2v) is 8.45. The summed E-state index contributed by atoms with van der Waals surface area (Å²) >= 11 is 0. The lowest BCUT2D eigenvalue weighted by Crippen LogP contribution is -2.43. The molecular weight excluding hydrogens is 426 g/mol. The van der Waals surface area contributed by atoms with Crippen LogP contribution in [0.3, 0.4) is 0 Å². The molecule has 5 nitrogen and oxygen atoms in total.